The molecule has 1 aliphatic heterocycles. The van der Waals surface area contributed by atoms with Crippen LogP contribution in [0.3, 0.4) is 0 Å². The first-order valence-electron chi connectivity index (χ1n) is 6.44. The largest absolute Gasteiger partial charge is 0.394 e. The molecule has 5 heteroatoms. The van der Waals surface area contributed by atoms with Gasteiger partial charge >= 0.3 is 0 Å². The van der Waals surface area contributed by atoms with Crippen LogP contribution < -0.4 is 4.90 Å². The van der Waals surface area contributed by atoms with E-state index in [2.05, 4.69) is 0 Å². The molecule has 1 atom stereocenters. The molecule has 1 heterocycles. The number of nitrogens with zero attached hydrogens (tertiary/aromatic N) is 2. The van der Waals surface area contributed by atoms with Crippen molar-refractivity contribution in [3.05, 3.63) is 29.3 Å². The van der Waals surface area contributed by atoms with E-state index in [4.69, 9.17) is 5.26 Å². The van der Waals surface area contributed by atoms with Gasteiger partial charge in [0.25, 0.3) is 0 Å². The van der Waals surface area contributed by atoms with E-state index in [1.807, 2.05) is 0 Å². The molecule has 1 N–H and O–H groups in total. The molecular weight excluding hydrogens is 250 g/mol. The van der Waals surface area contributed by atoms with Crippen LogP contribution in [0.15, 0.2) is 12.1 Å². The van der Waals surface area contributed by atoms with Gasteiger partial charge in [0.05, 0.1) is 24.3 Å². The highest BCUT2D eigenvalue weighted by Gasteiger charge is 2.26. The Morgan fingerprint density at radius 2 is 1.95 bits per heavy atom. The molecule has 0 amide bonds. The maximum atomic E-state index is 14.0. The van der Waals surface area contributed by atoms with Gasteiger partial charge in [-0.2, -0.15) is 5.26 Å². The second kappa shape index (κ2) is 5.98. The number of hydrogen-bond acceptors (Lipinski definition) is 3. The van der Waals surface area contributed by atoms with E-state index in [1.54, 1.807) is 11.0 Å². The molecule has 2 rings (SSSR count). The summed E-state index contributed by atoms with van der Waals surface area (Å²) < 4.78 is 28.0. The Morgan fingerprint density at radius 1 is 1.26 bits per heavy atom. The third-order valence-electron chi connectivity index (χ3n) is 3.52. The quantitative estimate of drug-likeness (QED) is 0.895. The molecule has 1 aromatic rings. The lowest BCUT2D eigenvalue weighted by Gasteiger charge is -2.31. The Kier molecular flexibility index (Phi) is 4.33. The third kappa shape index (κ3) is 2.85. The fourth-order valence-electron chi connectivity index (χ4n) is 2.57. The maximum absolute atomic E-state index is 14.0. The van der Waals surface area contributed by atoms with Crippen LogP contribution in [0.1, 0.15) is 31.2 Å². The number of anilines is 1. The molecule has 1 aromatic carbocycles. The van der Waals surface area contributed by atoms with Gasteiger partial charge in [-0.05, 0) is 25.0 Å². The number of aliphatic hydroxyl groups is 1. The molecule has 1 aliphatic rings. The predicted octanol–water partition coefficient (Wildman–Crippen LogP) is 2.58. The van der Waals surface area contributed by atoms with Gasteiger partial charge in [0.1, 0.15) is 5.69 Å². The lowest BCUT2D eigenvalue weighted by atomic mass is 10.1. The van der Waals surface area contributed by atoms with Gasteiger partial charge in [-0.25, -0.2) is 8.78 Å². The fourth-order valence-corrected chi connectivity index (χ4v) is 2.57. The summed E-state index contributed by atoms with van der Waals surface area (Å²) in [7, 11) is 0. The molecule has 0 radical (unpaired) electrons. The fraction of sp³-hybridized carbons (Fsp3) is 0.500. The normalized spacial score (nSPS) is 19.9. The molecular formula is C14H16F2N2O. The van der Waals surface area contributed by atoms with Crippen LogP contribution in [0, 0.1) is 23.0 Å². The molecule has 102 valence electrons. The Balaban J connectivity index is 2.41. The van der Waals surface area contributed by atoms with Crippen molar-refractivity contribution in [2.24, 2.45) is 0 Å². The number of rotatable bonds is 2. The lowest BCUT2D eigenvalue weighted by molar-refractivity contribution is 0.254. The number of nitriles is 1. The van der Waals surface area contributed by atoms with Crippen LogP contribution in [0.4, 0.5) is 14.5 Å². The van der Waals surface area contributed by atoms with Gasteiger partial charge in [0.15, 0.2) is 11.6 Å². The number of hydrogen-bond donors (Lipinski definition) is 1. The molecule has 0 bridgehead atoms. The molecule has 1 unspecified atom stereocenters. The monoisotopic (exact) mass is 266 g/mol. The standard InChI is InChI=1S/C14H16F2N2O/c15-12-6-10(8-17)7-13(16)14(12)18-5-3-1-2-4-11(18)9-19/h6-7,11,19H,1-5,9H2. The molecule has 1 fully saturated rings. The minimum atomic E-state index is -0.739. The summed E-state index contributed by atoms with van der Waals surface area (Å²) in [6, 6.07) is 3.54. The average Bonchev–Trinajstić information content (AvgIpc) is 2.63. The Morgan fingerprint density at radius 3 is 2.53 bits per heavy atom. The maximum Gasteiger partial charge on any atom is 0.150 e. The van der Waals surface area contributed by atoms with Crippen LogP contribution in [0.5, 0.6) is 0 Å². The van der Waals surface area contributed by atoms with Crippen LogP contribution in [0.25, 0.3) is 0 Å². The van der Waals surface area contributed by atoms with Crippen molar-refractivity contribution < 1.29 is 13.9 Å². The molecule has 0 aliphatic carbocycles. The van der Waals surface area contributed by atoms with Crippen molar-refractivity contribution >= 4 is 5.69 Å². The lowest BCUT2D eigenvalue weighted by Crippen LogP contribution is -2.38. The summed E-state index contributed by atoms with van der Waals surface area (Å²) in [6.07, 6.45) is 3.50. The SMILES string of the molecule is N#Cc1cc(F)c(N2CCCCCC2CO)c(F)c1. The first kappa shape index (κ1) is 13.8. The highest BCUT2D eigenvalue weighted by atomic mass is 19.1. The van der Waals surface area contributed by atoms with Crippen molar-refractivity contribution in [3.8, 4) is 6.07 Å². The van der Waals surface area contributed by atoms with Gasteiger partial charge < -0.3 is 10.0 Å². The molecule has 19 heavy (non-hydrogen) atoms. The van der Waals surface area contributed by atoms with Crippen molar-refractivity contribution in [3.63, 3.8) is 0 Å². The van der Waals surface area contributed by atoms with Crippen molar-refractivity contribution in [2.75, 3.05) is 18.1 Å². The topological polar surface area (TPSA) is 47.3 Å². The van der Waals surface area contributed by atoms with E-state index < -0.39 is 11.6 Å². The summed E-state index contributed by atoms with van der Waals surface area (Å²) in [5, 5.41) is 18.1. The van der Waals surface area contributed by atoms with Gasteiger partial charge in [-0.1, -0.05) is 12.8 Å². The number of halogens is 2. The summed E-state index contributed by atoms with van der Waals surface area (Å²) in [5.74, 6) is -1.48. The van der Waals surface area contributed by atoms with Crippen molar-refractivity contribution in [1.29, 1.82) is 5.26 Å². The van der Waals surface area contributed by atoms with Gasteiger partial charge in [0, 0.05) is 6.54 Å². The number of aliphatic hydroxyl groups excluding tert-OH is 1. The molecule has 3 nitrogen and oxygen atoms in total. The summed E-state index contributed by atoms with van der Waals surface area (Å²) >= 11 is 0. The molecule has 0 spiro atoms. The zero-order valence-corrected chi connectivity index (χ0v) is 10.6. The van der Waals surface area contributed by atoms with Crippen LogP contribution in [-0.2, 0) is 0 Å². The molecule has 1 saturated heterocycles. The minimum Gasteiger partial charge on any atom is -0.394 e. The van der Waals surface area contributed by atoms with Gasteiger partial charge in [-0.3, -0.25) is 0 Å². The molecule has 0 saturated carbocycles. The first-order valence-corrected chi connectivity index (χ1v) is 6.44. The van der Waals surface area contributed by atoms with Crippen molar-refractivity contribution in [2.45, 2.75) is 31.7 Å². The smallest absolute Gasteiger partial charge is 0.150 e. The zero-order chi connectivity index (χ0) is 13.8. The van der Waals surface area contributed by atoms with E-state index in [0.717, 1.165) is 37.8 Å². The van der Waals surface area contributed by atoms with E-state index >= 15 is 0 Å². The average molecular weight is 266 g/mol. The summed E-state index contributed by atoms with van der Waals surface area (Å²) in [4.78, 5) is 1.60. The predicted molar refractivity (Wildman–Crippen MR) is 67.8 cm³/mol. The first-order chi connectivity index (χ1) is 9.17. The molecule has 0 aromatic heterocycles. The summed E-state index contributed by atoms with van der Waals surface area (Å²) in [6.45, 7) is 0.393. The zero-order valence-electron chi connectivity index (χ0n) is 10.6. The Bertz CT molecular complexity index is 476. The minimum absolute atomic E-state index is 0.0332. The van der Waals surface area contributed by atoms with Crippen LogP contribution >= 0.6 is 0 Å². The highest BCUT2D eigenvalue weighted by molar-refractivity contribution is 5.53. The van der Waals surface area contributed by atoms with E-state index in [9.17, 15) is 13.9 Å². The Hall–Kier alpha value is -1.67. The van der Waals surface area contributed by atoms with E-state index in [-0.39, 0.29) is 23.9 Å². The van der Waals surface area contributed by atoms with Crippen LogP contribution in [-0.4, -0.2) is 24.3 Å². The van der Waals surface area contributed by atoms with E-state index in [0.29, 0.717) is 6.54 Å². The second-order valence-electron chi connectivity index (χ2n) is 4.78. The summed E-state index contributed by atoms with van der Waals surface area (Å²) in [5.41, 5.74) is -0.158. The van der Waals surface area contributed by atoms with E-state index in [1.165, 1.54) is 0 Å². The number of benzene rings is 1. The van der Waals surface area contributed by atoms with Crippen molar-refractivity contribution in [1.82, 2.24) is 0 Å². The Labute approximate surface area is 111 Å². The second-order valence-corrected chi connectivity index (χ2v) is 4.78. The van der Waals surface area contributed by atoms with Gasteiger partial charge in [-0.15, -0.1) is 0 Å². The highest BCUT2D eigenvalue weighted by Crippen LogP contribution is 2.30. The third-order valence-corrected chi connectivity index (χ3v) is 3.52. The van der Waals surface area contributed by atoms with Gasteiger partial charge in [0.2, 0.25) is 0 Å². The van der Waals surface area contributed by atoms with Crippen LogP contribution in [0.2, 0.25) is 0 Å².